The highest BCUT2D eigenvalue weighted by atomic mass is 16.5. The SMILES string of the molecule is COc1ccc(-c2cc(C3(C(=O)Nc4cc(OC)c(OC)c(OC)c4)CC3)no2)cc1OC. The number of carbonyl (C=O) groups is 1. The summed E-state index contributed by atoms with van der Waals surface area (Å²) in [5, 5.41) is 7.16. The number of methoxy groups -OCH3 is 5. The zero-order valence-corrected chi connectivity index (χ0v) is 19.2. The van der Waals surface area contributed by atoms with E-state index >= 15 is 0 Å². The lowest BCUT2D eigenvalue weighted by Gasteiger charge is -2.16. The minimum atomic E-state index is -0.751. The van der Waals surface area contributed by atoms with Crippen LogP contribution >= 0.6 is 0 Å². The summed E-state index contributed by atoms with van der Waals surface area (Å²) < 4.78 is 32.3. The average Bonchev–Trinajstić information content (AvgIpc) is 3.52. The van der Waals surface area contributed by atoms with Crippen molar-refractivity contribution in [3.8, 4) is 40.1 Å². The lowest BCUT2D eigenvalue weighted by atomic mass is 10.00. The zero-order chi connectivity index (χ0) is 23.6. The predicted molar refractivity (Wildman–Crippen MR) is 121 cm³/mol. The molecule has 1 N–H and O–H groups in total. The first kappa shape index (κ1) is 22.3. The van der Waals surface area contributed by atoms with E-state index in [0.29, 0.717) is 58.7 Å². The number of aromatic nitrogens is 1. The molecular weight excluding hydrogens is 428 g/mol. The highest BCUT2D eigenvalue weighted by molar-refractivity contribution is 6.01. The number of rotatable bonds is 9. The Balaban J connectivity index is 1.58. The van der Waals surface area contributed by atoms with Gasteiger partial charge >= 0.3 is 0 Å². The molecule has 0 atom stereocenters. The van der Waals surface area contributed by atoms with Gasteiger partial charge in [0, 0.05) is 29.4 Å². The van der Waals surface area contributed by atoms with Crippen molar-refractivity contribution in [1.82, 2.24) is 5.16 Å². The lowest BCUT2D eigenvalue weighted by Crippen LogP contribution is -2.28. The van der Waals surface area contributed by atoms with E-state index in [1.54, 1.807) is 44.6 Å². The van der Waals surface area contributed by atoms with Crippen LogP contribution < -0.4 is 29.0 Å². The lowest BCUT2D eigenvalue weighted by molar-refractivity contribution is -0.118. The Morgan fingerprint density at radius 3 is 2.03 bits per heavy atom. The fraction of sp³-hybridized carbons (Fsp3) is 0.333. The number of anilines is 1. The number of hydrogen-bond donors (Lipinski definition) is 1. The van der Waals surface area contributed by atoms with Crippen molar-refractivity contribution in [2.75, 3.05) is 40.9 Å². The molecule has 0 aliphatic heterocycles. The Kier molecular flexibility index (Phi) is 6.04. The molecule has 1 fully saturated rings. The van der Waals surface area contributed by atoms with Crippen molar-refractivity contribution < 1.29 is 33.0 Å². The molecule has 0 bridgehead atoms. The summed E-state index contributed by atoms with van der Waals surface area (Å²) in [4.78, 5) is 13.2. The van der Waals surface area contributed by atoms with E-state index in [9.17, 15) is 4.79 Å². The number of carbonyl (C=O) groups excluding carboxylic acids is 1. The molecule has 3 aromatic rings. The van der Waals surface area contributed by atoms with Crippen molar-refractivity contribution in [2.24, 2.45) is 0 Å². The second-order valence-electron chi connectivity index (χ2n) is 7.60. The van der Waals surface area contributed by atoms with Crippen molar-refractivity contribution in [1.29, 1.82) is 0 Å². The third-order valence-electron chi connectivity index (χ3n) is 5.78. The van der Waals surface area contributed by atoms with Crippen LogP contribution in [0.5, 0.6) is 28.7 Å². The standard InChI is InChI=1S/C24H26N2O7/c1-28-16-7-6-14(10-18(16)29-2)17-13-21(26-33-17)24(8-9-24)23(27)25-15-11-19(30-3)22(32-5)20(12-15)31-4/h6-7,10-13H,8-9H2,1-5H3,(H,25,27). The largest absolute Gasteiger partial charge is 0.493 e. The second kappa shape index (κ2) is 8.93. The van der Waals surface area contributed by atoms with E-state index in [2.05, 4.69) is 10.5 Å². The predicted octanol–water partition coefficient (Wildman–Crippen LogP) is 4.05. The highest BCUT2D eigenvalue weighted by Crippen LogP contribution is 2.50. The molecule has 0 spiro atoms. The topological polar surface area (TPSA) is 101 Å². The fourth-order valence-corrected chi connectivity index (χ4v) is 3.75. The number of nitrogens with zero attached hydrogens (tertiary/aromatic N) is 1. The summed E-state index contributed by atoms with van der Waals surface area (Å²) in [5.74, 6) is 2.92. The zero-order valence-electron chi connectivity index (χ0n) is 19.2. The molecule has 2 aromatic carbocycles. The molecule has 174 valence electrons. The second-order valence-corrected chi connectivity index (χ2v) is 7.60. The van der Waals surface area contributed by atoms with Crippen LogP contribution in [0.2, 0.25) is 0 Å². The maximum absolute atomic E-state index is 13.2. The van der Waals surface area contributed by atoms with E-state index in [-0.39, 0.29) is 5.91 Å². The smallest absolute Gasteiger partial charge is 0.236 e. The van der Waals surface area contributed by atoms with Crippen molar-refractivity contribution in [2.45, 2.75) is 18.3 Å². The number of nitrogens with one attached hydrogen (secondary N) is 1. The molecule has 0 unspecified atom stereocenters. The van der Waals surface area contributed by atoms with Crippen LogP contribution in [0, 0.1) is 0 Å². The minimum Gasteiger partial charge on any atom is -0.493 e. The maximum Gasteiger partial charge on any atom is 0.236 e. The molecule has 0 saturated heterocycles. The molecule has 9 nitrogen and oxygen atoms in total. The van der Waals surface area contributed by atoms with Crippen LogP contribution in [0.1, 0.15) is 18.5 Å². The van der Waals surface area contributed by atoms with Gasteiger partial charge in [0.2, 0.25) is 11.7 Å². The Morgan fingerprint density at radius 1 is 0.848 bits per heavy atom. The highest BCUT2D eigenvalue weighted by Gasteiger charge is 2.54. The summed E-state index contributed by atoms with van der Waals surface area (Å²) >= 11 is 0. The third kappa shape index (κ3) is 4.02. The summed E-state index contributed by atoms with van der Waals surface area (Å²) in [6.07, 6.45) is 1.34. The van der Waals surface area contributed by atoms with E-state index in [0.717, 1.165) is 5.56 Å². The van der Waals surface area contributed by atoms with Gasteiger partial charge in [-0.1, -0.05) is 5.16 Å². The average molecular weight is 454 g/mol. The fourth-order valence-electron chi connectivity index (χ4n) is 3.75. The van der Waals surface area contributed by atoms with Gasteiger partial charge in [-0.05, 0) is 31.0 Å². The quantitative estimate of drug-likeness (QED) is 0.517. The molecule has 1 aliphatic rings. The molecule has 1 amide bonds. The maximum atomic E-state index is 13.2. The van der Waals surface area contributed by atoms with E-state index in [1.807, 2.05) is 6.07 Å². The van der Waals surface area contributed by atoms with Gasteiger partial charge < -0.3 is 33.5 Å². The Labute approximate surface area is 191 Å². The first-order chi connectivity index (χ1) is 16.0. The Morgan fingerprint density at radius 2 is 1.48 bits per heavy atom. The van der Waals surface area contributed by atoms with Gasteiger partial charge in [-0.25, -0.2) is 0 Å². The van der Waals surface area contributed by atoms with Crippen LogP contribution in [0.25, 0.3) is 11.3 Å². The van der Waals surface area contributed by atoms with E-state index < -0.39 is 5.41 Å². The summed E-state index contributed by atoms with van der Waals surface area (Å²) in [5.41, 5.74) is 1.13. The van der Waals surface area contributed by atoms with Gasteiger partial charge in [0.15, 0.2) is 28.8 Å². The van der Waals surface area contributed by atoms with Gasteiger partial charge in [-0.3, -0.25) is 4.79 Å². The minimum absolute atomic E-state index is 0.177. The molecular formula is C24H26N2O7. The van der Waals surface area contributed by atoms with Crippen molar-refractivity contribution in [3.63, 3.8) is 0 Å². The Hall–Kier alpha value is -3.88. The Bertz CT molecular complexity index is 1140. The first-order valence-electron chi connectivity index (χ1n) is 10.3. The van der Waals surface area contributed by atoms with Crippen LogP contribution in [-0.2, 0) is 10.2 Å². The van der Waals surface area contributed by atoms with Crippen LogP contribution in [0.15, 0.2) is 40.9 Å². The summed E-state index contributed by atoms with van der Waals surface area (Å²) in [6, 6.07) is 10.6. The number of ether oxygens (including phenoxy) is 5. The van der Waals surface area contributed by atoms with Crippen molar-refractivity contribution in [3.05, 3.63) is 42.1 Å². The van der Waals surface area contributed by atoms with Gasteiger partial charge in [-0.15, -0.1) is 0 Å². The van der Waals surface area contributed by atoms with E-state index in [4.69, 9.17) is 28.2 Å². The van der Waals surface area contributed by atoms with E-state index in [1.165, 1.54) is 21.3 Å². The molecule has 0 radical (unpaired) electrons. The van der Waals surface area contributed by atoms with Gasteiger partial charge in [0.1, 0.15) is 0 Å². The first-order valence-corrected chi connectivity index (χ1v) is 10.3. The summed E-state index contributed by atoms with van der Waals surface area (Å²) in [7, 11) is 7.72. The van der Waals surface area contributed by atoms with Gasteiger partial charge in [-0.2, -0.15) is 0 Å². The normalized spacial score (nSPS) is 13.7. The van der Waals surface area contributed by atoms with Crippen LogP contribution in [0.4, 0.5) is 5.69 Å². The number of amides is 1. The molecule has 33 heavy (non-hydrogen) atoms. The van der Waals surface area contributed by atoms with Gasteiger partial charge in [0.25, 0.3) is 0 Å². The molecule has 1 aliphatic carbocycles. The molecule has 9 heteroatoms. The number of hydrogen-bond acceptors (Lipinski definition) is 8. The van der Waals surface area contributed by atoms with Gasteiger partial charge in [0.05, 0.1) is 46.7 Å². The molecule has 1 aromatic heterocycles. The number of benzene rings is 2. The monoisotopic (exact) mass is 454 g/mol. The molecule has 1 saturated carbocycles. The molecule has 1 heterocycles. The summed E-state index contributed by atoms with van der Waals surface area (Å²) in [6.45, 7) is 0. The van der Waals surface area contributed by atoms with Crippen LogP contribution in [-0.4, -0.2) is 46.6 Å². The van der Waals surface area contributed by atoms with Crippen molar-refractivity contribution >= 4 is 11.6 Å². The third-order valence-corrected chi connectivity index (χ3v) is 5.78. The molecule has 4 rings (SSSR count). The van der Waals surface area contributed by atoms with Crippen LogP contribution in [0.3, 0.4) is 0 Å².